The zero-order chi connectivity index (χ0) is 10.8. The SMILES string of the molecule is CCCC(CC)c1c(Cl)nc2n1CCC2. The average Bonchev–Trinajstić information content (AvgIpc) is 2.75. The fourth-order valence-electron chi connectivity index (χ4n) is 2.59. The number of halogens is 1. The second kappa shape index (κ2) is 4.56. The summed E-state index contributed by atoms with van der Waals surface area (Å²) in [6.45, 7) is 5.59. The number of aryl methyl sites for hydroxylation is 1. The normalized spacial score (nSPS) is 16.7. The first-order valence-corrected chi connectivity index (χ1v) is 6.40. The van der Waals surface area contributed by atoms with E-state index in [1.807, 2.05) is 0 Å². The quantitative estimate of drug-likeness (QED) is 0.764. The van der Waals surface area contributed by atoms with Crippen molar-refractivity contribution in [2.45, 2.75) is 58.4 Å². The highest BCUT2D eigenvalue weighted by atomic mass is 35.5. The number of nitrogens with zero attached hydrogens (tertiary/aromatic N) is 2. The maximum Gasteiger partial charge on any atom is 0.150 e. The number of imidazole rings is 1. The Hall–Kier alpha value is -0.500. The maximum atomic E-state index is 6.24. The molecule has 3 heteroatoms. The zero-order valence-corrected chi connectivity index (χ0v) is 10.3. The molecule has 1 aliphatic rings. The van der Waals surface area contributed by atoms with E-state index in [0.717, 1.165) is 18.1 Å². The van der Waals surface area contributed by atoms with Gasteiger partial charge in [-0.15, -0.1) is 0 Å². The lowest BCUT2D eigenvalue weighted by Crippen LogP contribution is -2.06. The van der Waals surface area contributed by atoms with E-state index in [-0.39, 0.29) is 0 Å². The van der Waals surface area contributed by atoms with Crippen LogP contribution < -0.4 is 0 Å². The Morgan fingerprint density at radius 3 is 2.93 bits per heavy atom. The Labute approximate surface area is 96.7 Å². The van der Waals surface area contributed by atoms with Gasteiger partial charge in [-0.25, -0.2) is 4.98 Å². The summed E-state index contributed by atoms with van der Waals surface area (Å²) in [7, 11) is 0. The second-order valence-corrected chi connectivity index (χ2v) is 4.71. The van der Waals surface area contributed by atoms with Gasteiger partial charge in [0.15, 0.2) is 5.15 Å². The molecule has 0 spiro atoms. The summed E-state index contributed by atoms with van der Waals surface area (Å²) in [5.41, 5.74) is 1.30. The smallest absolute Gasteiger partial charge is 0.150 e. The van der Waals surface area contributed by atoms with Crippen molar-refractivity contribution in [1.29, 1.82) is 0 Å². The summed E-state index contributed by atoms with van der Waals surface area (Å²) in [6.07, 6.45) is 5.94. The van der Waals surface area contributed by atoms with Crippen LogP contribution in [0.4, 0.5) is 0 Å². The minimum absolute atomic E-state index is 0.599. The summed E-state index contributed by atoms with van der Waals surface area (Å²) in [5, 5.41) is 0.755. The molecule has 2 nitrogen and oxygen atoms in total. The third kappa shape index (κ3) is 1.92. The molecule has 0 bridgehead atoms. The van der Waals surface area contributed by atoms with E-state index < -0.39 is 0 Å². The molecular formula is C12H19ClN2. The zero-order valence-electron chi connectivity index (χ0n) is 9.59. The van der Waals surface area contributed by atoms with Gasteiger partial charge in [0.25, 0.3) is 0 Å². The molecule has 0 fully saturated rings. The van der Waals surface area contributed by atoms with E-state index in [2.05, 4.69) is 23.4 Å². The van der Waals surface area contributed by atoms with Gasteiger partial charge in [0.2, 0.25) is 0 Å². The predicted octanol–water partition coefficient (Wildman–Crippen LogP) is 3.78. The van der Waals surface area contributed by atoms with Crippen molar-refractivity contribution < 1.29 is 0 Å². The largest absolute Gasteiger partial charge is 0.330 e. The molecule has 0 N–H and O–H groups in total. The highest BCUT2D eigenvalue weighted by Gasteiger charge is 2.24. The fourth-order valence-corrected chi connectivity index (χ4v) is 2.94. The summed E-state index contributed by atoms with van der Waals surface area (Å²) in [5.74, 6) is 1.80. The summed E-state index contributed by atoms with van der Waals surface area (Å²) >= 11 is 6.24. The topological polar surface area (TPSA) is 17.8 Å². The van der Waals surface area contributed by atoms with Crippen LogP contribution in [0, 0.1) is 0 Å². The van der Waals surface area contributed by atoms with Crippen molar-refractivity contribution in [3.8, 4) is 0 Å². The molecule has 1 aromatic rings. The Morgan fingerprint density at radius 1 is 1.47 bits per heavy atom. The summed E-state index contributed by atoms with van der Waals surface area (Å²) in [4.78, 5) is 4.47. The molecule has 2 rings (SSSR count). The van der Waals surface area contributed by atoms with Gasteiger partial charge in [0.05, 0.1) is 5.69 Å². The predicted molar refractivity (Wildman–Crippen MR) is 63.5 cm³/mol. The molecule has 0 aromatic carbocycles. The lowest BCUT2D eigenvalue weighted by atomic mass is 9.97. The Kier molecular flexibility index (Phi) is 3.35. The maximum absolute atomic E-state index is 6.24. The van der Waals surface area contributed by atoms with E-state index >= 15 is 0 Å². The molecule has 1 aromatic heterocycles. The average molecular weight is 227 g/mol. The fraction of sp³-hybridized carbons (Fsp3) is 0.750. The van der Waals surface area contributed by atoms with Crippen molar-refractivity contribution >= 4 is 11.6 Å². The molecule has 0 saturated heterocycles. The first kappa shape index (κ1) is 11.0. The number of rotatable bonds is 4. The van der Waals surface area contributed by atoms with Crippen LogP contribution in [0.5, 0.6) is 0 Å². The highest BCUT2D eigenvalue weighted by molar-refractivity contribution is 6.30. The first-order valence-electron chi connectivity index (χ1n) is 6.02. The highest BCUT2D eigenvalue weighted by Crippen LogP contribution is 2.33. The molecule has 1 atom stereocenters. The van der Waals surface area contributed by atoms with Crippen molar-refractivity contribution in [3.05, 3.63) is 16.7 Å². The lowest BCUT2D eigenvalue weighted by Gasteiger charge is -2.16. The number of aromatic nitrogens is 2. The van der Waals surface area contributed by atoms with E-state index in [0.29, 0.717) is 5.92 Å². The van der Waals surface area contributed by atoms with Crippen LogP contribution in [0.25, 0.3) is 0 Å². The van der Waals surface area contributed by atoms with Crippen molar-refractivity contribution in [2.75, 3.05) is 0 Å². The number of fused-ring (bicyclic) bond motifs is 1. The van der Waals surface area contributed by atoms with Gasteiger partial charge >= 0.3 is 0 Å². The van der Waals surface area contributed by atoms with E-state index in [1.54, 1.807) is 0 Å². The number of hydrogen-bond acceptors (Lipinski definition) is 1. The van der Waals surface area contributed by atoms with Gasteiger partial charge in [0, 0.05) is 18.9 Å². The molecule has 1 aliphatic heterocycles. The molecular weight excluding hydrogens is 208 g/mol. The van der Waals surface area contributed by atoms with Gasteiger partial charge in [-0.3, -0.25) is 0 Å². The van der Waals surface area contributed by atoms with Crippen LogP contribution in [0.15, 0.2) is 0 Å². The molecule has 0 amide bonds. The Balaban J connectivity index is 2.33. The molecule has 15 heavy (non-hydrogen) atoms. The van der Waals surface area contributed by atoms with E-state index in [4.69, 9.17) is 11.6 Å². The van der Waals surface area contributed by atoms with Crippen molar-refractivity contribution in [1.82, 2.24) is 9.55 Å². The third-order valence-electron chi connectivity index (χ3n) is 3.34. The number of hydrogen-bond donors (Lipinski definition) is 0. The van der Waals surface area contributed by atoms with Crippen LogP contribution in [-0.2, 0) is 13.0 Å². The molecule has 2 heterocycles. The molecule has 84 valence electrons. The van der Waals surface area contributed by atoms with Gasteiger partial charge < -0.3 is 4.57 Å². The van der Waals surface area contributed by atoms with Crippen molar-refractivity contribution in [3.63, 3.8) is 0 Å². The molecule has 0 saturated carbocycles. The van der Waals surface area contributed by atoms with Gasteiger partial charge in [-0.05, 0) is 19.3 Å². The van der Waals surface area contributed by atoms with Crippen LogP contribution >= 0.6 is 11.6 Å². The minimum atomic E-state index is 0.599. The minimum Gasteiger partial charge on any atom is -0.330 e. The van der Waals surface area contributed by atoms with Crippen LogP contribution in [-0.4, -0.2) is 9.55 Å². The summed E-state index contributed by atoms with van der Waals surface area (Å²) in [6, 6.07) is 0. The van der Waals surface area contributed by atoms with Crippen molar-refractivity contribution in [2.24, 2.45) is 0 Å². The van der Waals surface area contributed by atoms with E-state index in [1.165, 1.54) is 37.2 Å². The van der Waals surface area contributed by atoms with Gasteiger partial charge in [-0.1, -0.05) is 31.9 Å². The molecule has 0 radical (unpaired) electrons. The summed E-state index contributed by atoms with van der Waals surface area (Å²) < 4.78 is 2.35. The Morgan fingerprint density at radius 2 is 2.27 bits per heavy atom. The molecule has 0 aliphatic carbocycles. The van der Waals surface area contributed by atoms with Gasteiger partial charge in [-0.2, -0.15) is 0 Å². The van der Waals surface area contributed by atoms with Crippen LogP contribution in [0.3, 0.4) is 0 Å². The van der Waals surface area contributed by atoms with Crippen LogP contribution in [0.2, 0.25) is 5.15 Å². The van der Waals surface area contributed by atoms with Gasteiger partial charge in [0.1, 0.15) is 5.82 Å². The molecule has 1 unspecified atom stereocenters. The standard InChI is InChI=1S/C12H19ClN2/c1-3-6-9(4-2)11-12(13)14-10-7-5-8-15(10)11/h9H,3-8H2,1-2H3. The monoisotopic (exact) mass is 226 g/mol. The van der Waals surface area contributed by atoms with E-state index in [9.17, 15) is 0 Å². The second-order valence-electron chi connectivity index (χ2n) is 4.35. The lowest BCUT2D eigenvalue weighted by molar-refractivity contribution is 0.547. The third-order valence-corrected chi connectivity index (χ3v) is 3.62. The van der Waals surface area contributed by atoms with Crippen LogP contribution in [0.1, 0.15) is 57.0 Å². The first-order chi connectivity index (χ1) is 7.27. The Bertz CT molecular complexity index is 344.